The summed E-state index contributed by atoms with van der Waals surface area (Å²) in [4.78, 5) is 0. The molecule has 0 heteroatoms. The maximum Gasteiger partial charge on any atom is 0.0174 e. The molecule has 1 fully saturated rings. The molecule has 9 aliphatic carbocycles. The number of hydrogen-bond acceptors (Lipinski definition) is 0. The fraction of sp³-hybridized carbons (Fsp3) is 0.302. The van der Waals surface area contributed by atoms with E-state index in [1.807, 2.05) is 0 Å². The molecule has 0 bridgehead atoms. The zero-order chi connectivity index (χ0) is 28.1. The van der Waals surface area contributed by atoms with Gasteiger partial charge in [0.05, 0.1) is 0 Å². The molecule has 1 spiro atoms. The van der Waals surface area contributed by atoms with Gasteiger partial charge in [-0.3, -0.25) is 0 Å². The maximum absolute atomic E-state index is 2.73. The molecule has 1 aromatic rings. The Morgan fingerprint density at radius 3 is 2.16 bits per heavy atom. The molecule has 1 saturated carbocycles. The predicted octanol–water partition coefficient (Wildman–Crippen LogP) is 10.2. The number of allylic oxidation sites excluding steroid dienone is 24. The van der Waals surface area contributed by atoms with E-state index in [9.17, 15) is 0 Å². The van der Waals surface area contributed by atoms with Crippen molar-refractivity contribution in [1.82, 2.24) is 0 Å². The van der Waals surface area contributed by atoms with Crippen LogP contribution in [0.3, 0.4) is 0 Å². The normalized spacial score (nSPS) is 37.1. The van der Waals surface area contributed by atoms with E-state index in [0.717, 1.165) is 38.5 Å². The van der Waals surface area contributed by atoms with Crippen molar-refractivity contribution in [2.75, 3.05) is 0 Å². The van der Waals surface area contributed by atoms with Crippen LogP contribution < -0.4 is 0 Å². The van der Waals surface area contributed by atoms with E-state index in [-0.39, 0.29) is 5.41 Å². The summed E-state index contributed by atoms with van der Waals surface area (Å²) < 4.78 is 0. The first-order chi connectivity index (χ1) is 21.4. The van der Waals surface area contributed by atoms with Gasteiger partial charge in [0.25, 0.3) is 0 Å². The number of hydrogen-bond donors (Lipinski definition) is 0. The highest BCUT2D eigenvalue weighted by atomic mass is 14.7. The van der Waals surface area contributed by atoms with E-state index < -0.39 is 0 Å². The summed E-state index contributed by atoms with van der Waals surface area (Å²) in [6.07, 6.45) is 46.4. The van der Waals surface area contributed by atoms with E-state index in [2.05, 4.69) is 121 Å². The minimum atomic E-state index is 0.141. The third kappa shape index (κ3) is 3.12. The van der Waals surface area contributed by atoms with Crippen molar-refractivity contribution < 1.29 is 0 Å². The Kier molecular flexibility index (Phi) is 5.17. The maximum atomic E-state index is 2.73. The Morgan fingerprint density at radius 1 is 0.628 bits per heavy atom. The second-order valence-electron chi connectivity index (χ2n) is 14.0. The fourth-order valence-corrected chi connectivity index (χ4v) is 10.9. The first kappa shape index (κ1) is 24.5. The van der Waals surface area contributed by atoms with Gasteiger partial charge in [-0.15, -0.1) is 0 Å². The van der Waals surface area contributed by atoms with Crippen LogP contribution in [0.4, 0.5) is 0 Å². The molecule has 0 nitrogen and oxygen atoms in total. The summed E-state index contributed by atoms with van der Waals surface area (Å²) in [5.41, 5.74) is 16.1. The molecule has 7 atom stereocenters. The molecule has 10 rings (SSSR count). The number of fused-ring (bicyclic) bond motifs is 10. The van der Waals surface area contributed by atoms with Gasteiger partial charge in [0.1, 0.15) is 0 Å². The van der Waals surface area contributed by atoms with Crippen LogP contribution in [-0.4, -0.2) is 0 Å². The quantitative estimate of drug-likeness (QED) is 0.341. The molecule has 7 unspecified atom stereocenters. The van der Waals surface area contributed by atoms with Crippen molar-refractivity contribution in [1.29, 1.82) is 0 Å². The van der Waals surface area contributed by atoms with Crippen LogP contribution in [-0.2, 0) is 5.41 Å². The third-order valence-electron chi connectivity index (χ3n) is 12.3. The van der Waals surface area contributed by atoms with Crippen LogP contribution in [0.5, 0.6) is 0 Å². The van der Waals surface area contributed by atoms with Crippen LogP contribution in [0.25, 0.3) is 5.57 Å². The van der Waals surface area contributed by atoms with Crippen LogP contribution in [0.2, 0.25) is 0 Å². The lowest BCUT2D eigenvalue weighted by molar-refractivity contribution is 0.208. The first-order valence-corrected chi connectivity index (χ1v) is 16.8. The van der Waals surface area contributed by atoms with E-state index in [1.165, 1.54) is 16.7 Å². The van der Waals surface area contributed by atoms with Crippen molar-refractivity contribution in [2.24, 2.45) is 35.5 Å². The molecule has 1 aromatic carbocycles. The smallest absolute Gasteiger partial charge is 0.0174 e. The molecular weight excluding hydrogens is 516 g/mol. The summed E-state index contributed by atoms with van der Waals surface area (Å²) >= 11 is 0. The van der Waals surface area contributed by atoms with Crippen molar-refractivity contribution in [3.8, 4) is 0 Å². The molecule has 43 heavy (non-hydrogen) atoms. The Labute approximate surface area is 256 Å². The first-order valence-electron chi connectivity index (χ1n) is 16.8. The summed E-state index contributed by atoms with van der Waals surface area (Å²) in [5.74, 6) is 2.93. The van der Waals surface area contributed by atoms with Crippen molar-refractivity contribution in [3.05, 3.63) is 172 Å². The predicted molar refractivity (Wildman–Crippen MR) is 178 cm³/mol. The molecule has 0 N–H and O–H groups in total. The van der Waals surface area contributed by atoms with Gasteiger partial charge in [-0.05, 0) is 112 Å². The third-order valence-corrected chi connectivity index (χ3v) is 12.3. The lowest BCUT2D eigenvalue weighted by atomic mass is 9.58. The van der Waals surface area contributed by atoms with Gasteiger partial charge in [-0.2, -0.15) is 0 Å². The largest absolute Gasteiger partial charge is 0.0839 e. The van der Waals surface area contributed by atoms with Crippen molar-refractivity contribution in [2.45, 2.75) is 43.9 Å². The monoisotopic (exact) mass is 554 g/mol. The summed E-state index contributed by atoms with van der Waals surface area (Å²) in [5, 5.41) is 0. The summed E-state index contributed by atoms with van der Waals surface area (Å²) in [7, 11) is 0. The van der Waals surface area contributed by atoms with Gasteiger partial charge in [0.2, 0.25) is 0 Å². The fourth-order valence-electron chi connectivity index (χ4n) is 10.9. The Bertz CT molecular complexity index is 1840. The van der Waals surface area contributed by atoms with Crippen LogP contribution >= 0.6 is 0 Å². The van der Waals surface area contributed by atoms with Gasteiger partial charge < -0.3 is 0 Å². The molecule has 9 aliphatic rings. The second kappa shape index (κ2) is 9.06. The average Bonchev–Trinajstić information content (AvgIpc) is 3.56. The second-order valence-corrected chi connectivity index (χ2v) is 14.0. The lowest BCUT2D eigenvalue weighted by Crippen LogP contribution is -2.42. The molecule has 0 saturated heterocycles. The van der Waals surface area contributed by atoms with Crippen LogP contribution in [0, 0.1) is 35.5 Å². The molecule has 0 aromatic heterocycles. The van der Waals surface area contributed by atoms with E-state index in [0.29, 0.717) is 35.5 Å². The van der Waals surface area contributed by atoms with E-state index in [1.54, 1.807) is 39.0 Å². The van der Waals surface area contributed by atoms with Gasteiger partial charge in [0.15, 0.2) is 0 Å². The lowest BCUT2D eigenvalue weighted by Gasteiger charge is -2.44. The Balaban J connectivity index is 1.22. The minimum Gasteiger partial charge on any atom is -0.0839 e. The topological polar surface area (TPSA) is 0 Å². The molecule has 0 amide bonds. The zero-order valence-electron chi connectivity index (χ0n) is 24.8. The van der Waals surface area contributed by atoms with Crippen LogP contribution in [0.15, 0.2) is 160 Å². The van der Waals surface area contributed by atoms with Crippen molar-refractivity contribution >= 4 is 5.57 Å². The zero-order valence-corrected chi connectivity index (χ0v) is 24.8. The molecule has 0 heterocycles. The molecule has 0 aliphatic heterocycles. The summed E-state index contributed by atoms with van der Waals surface area (Å²) in [6.45, 7) is 0. The van der Waals surface area contributed by atoms with Gasteiger partial charge in [-0.25, -0.2) is 0 Å². The molecular formula is C43H38. The highest BCUT2D eigenvalue weighted by Crippen LogP contribution is 2.72. The Hall–Kier alpha value is -3.90. The standard InChI is InChI=1S/C43H38/c1-3-13-27(14-4-1)33-25-35-31-19-11-23-39-41(31)42-32(36(35)26-34(33)28-15-5-2-6-16-28)20-12-24-40(42)43(39)37-21-9-7-17-29(37)30-18-8-10-22-38(30)43/h1,3-5,7-13,15-21,25-27,35-36,38-40H,2,6,14,22-24H2. The minimum absolute atomic E-state index is 0.141. The SMILES string of the molecule is C1=CCC(C2=CC3C4=C5C6=C(C=CCC6C6(c7ccccc7C7=CC=CCC76)C5CC=C4)C3C=C2C2=CCCC=C2)C=C1. The van der Waals surface area contributed by atoms with E-state index >= 15 is 0 Å². The van der Waals surface area contributed by atoms with Gasteiger partial charge in [0, 0.05) is 23.2 Å². The van der Waals surface area contributed by atoms with Crippen LogP contribution in [0.1, 0.15) is 49.7 Å². The Morgan fingerprint density at radius 2 is 1.40 bits per heavy atom. The van der Waals surface area contributed by atoms with E-state index in [4.69, 9.17) is 0 Å². The highest BCUT2D eigenvalue weighted by molar-refractivity contribution is 5.83. The van der Waals surface area contributed by atoms with Crippen molar-refractivity contribution in [3.63, 3.8) is 0 Å². The number of benzene rings is 1. The molecule has 210 valence electrons. The summed E-state index contributed by atoms with van der Waals surface area (Å²) in [6, 6.07) is 9.52. The average molecular weight is 555 g/mol. The number of rotatable bonds is 2. The highest BCUT2D eigenvalue weighted by Gasteiger charge is 2.65. The van der Waals surface area contributed by atoms with Gasteiger partial charge >= 0.3 is 0 Å². The van der Waals surface area contributed by atoms with Gasteiger partial charge in [-0.1, -0.05) is 121 Å². The molecule has 0 radical (unpaired) electrons.